The van der Waals surface area contributed by atoms with Crippen molar-refractivity contribution in [3.8, 4) is 11.4 Å². The van der Waals surface area contributed by atoms with Crippen LogP contribution in [0.1, 0.15) is 6.92 Å². The molecule has 0 bridgehead atoms. The Labute approximate surface area is 176 Å². The minimum Gasteiger partial charge on any atom is -0.378 e. The van der Waals surface area contributed by atoms with Crippen molar-refractivity contribution in [2.24, 2.45) is 0 Å². The van der Waals surface area contributed by atoms with Crippen molar-refractivity contribution < 1.29 is 9.53 Å². The number of aromatic nitrogens is 4. The van der Waals surface area contributed by atoms with Crippen molar-refractivity contribution in [1.82, 2.24) is 24.0 Å². The smallest absolute Gasteiger partial charge is 0.333 e. The van der Waals surface area contributed by atoms with E-state index in [1.54, 1.807) is 36.1 Å². The zero-order chi connectivity index (χ0) is 21.3. The van der Waals surface area contributed by atoms with E-state index in [0.29, 0.717) is 49.3 Å². The largest absolute Gasteiger partial charge is 0.378 e. The number of hydrogen-bond acceptors (Lipinski definition) is 6. The fourth-order valence-corrected chi connectivity index (χ4v) is 3.53. The van der Waals surface area contributed by atoms with E-state index in [4.69, 9.17) is 16.3 Å². The van der Waals surface area contributed by atoms with Crippen molar-refractivity contribution in [1.29, 1.82) is 0 Å². The highest BCUT2D eigenvalue weighted by Gasteiger charge is 2.21. The number of ether oxygens (including phenoxy) is 1. The summed E-state index contributed by atoms with van der Waals surface area (Å²) < 4.78 is 7.58. The second-order valence-electron chi connectivity index (χ2n) is 6.85. The van der Waals surface area contributed by atoms with Gasteiger partial charge in [0.2, 0.25) is 5.91 Å². The topological polar surface area (TPSA) is 99.3 Å². The number of carbonyl (C=O) groups excluding carboxylic acids is 1. The average Bonchev–Trinajstić information content (AvgIpc) is 2.77. The molecule has 1 fully saturated rings. The summed E-state index contributed by atoms with van der Waals surface area (Å²) in [6.45, 7) is 3.51. The molecule has 0 saturated carbocycles. The van der Waals surface area contributed by atoms with Crippen LogP contribution in [0, 0.1) is 0 Å². The Morgan fingerprint density at radius 3 is 2.50 bits per heavy atom. The number of fused-ring (bicyclic) bond motifs is 1. The molecule has 156 valence electrons. The van der Waals surface area contributed by atoms with Crippen LogP contribution >= 0.6 is 11.6 Å². The third kappa shape index (κ3) is 3.73. The molecule has 3 heterocycles. The summed E-state index contributed by atoms with van der Waals surface area (Å²) in [6, 6.07) is 6.96. The minimum absolute atomic E-state index is 0.184. The number of halogens is 1. The van der Waals surface area contributed by atoms with Crippen LogP contribution in [0.5, 0.6) is 0 Å². The molecule has 4 rings (SSSR count). The van der Waals surface area contributed by atoms with Gasteiger partial charge in [0.25, 0.3) is 5.56 Å². The van der Waals surface area contributed by atoms with Gasteiger partial charge in [-0.1, -0.05) is 11.6 Å². The van der Waals surface area contributed by atoms with E-state index in [9.17, 15) is 14.4 Å². The van der Waals surface area contributed by atoms with Crippen molar-refractivity contribution in [3.63, 3.8) is 0 Å². The number of nitrogens with zero attached hydrogens (tertiary/aromatic N) is 5. The quantitative estimate of drug-likeness (QED) is 0.617. The normalized spacial score (nSPS) is 14.3. The van der Waals surface area contributed by atoms with Crippen molar-refractivity contribution in [2.45, 2.75) is 20.0 Å². The van der Waals surface area contributed by atoms with E-state index < -0.39 is 11.2 Å². The number of benzene rings is 1. The predicted octanol–water partition coefficient (Wildman–Crippen LogP) is 1.15. The van der Waals surface area contributed by atoms with Crippen LogP contribution in [0.2, 0.25) is 5.02 Å². The molecule has 0 N–H and O–H groups in total. The summed E-state index contributed by atoms with van der Waals surface area (Å²) >= 11 is 5.93. The second-order valence-corrected chi connectivity index (χ2v) is 7.29. The van der Waals surface area contributed by atoms with Gasteiger partial charge in [-0.05, 0) is 31.2 Å². The number of carbonyl (C=O) groups is 1. The van der Waals surface area contributed by atoms with Gasteiger partial charge in [-0.15, -0.1) is 0 Å². The number of amides is 1. The number of rotatable bonds is 4. The second kappa shape index (κ2) is 8.37. The highest BCUT2D eigenvalue weighted by atomic mass is 35.5. The maximum atomic E-state index is 13.0. The maximum absolute atomic E-state index is 13.0. The van der Waals surface area contributed by atoms with Crippen LogP contribution in [-0.2, 0) is 22.6 Å². The standard InChI is InChI=1S/C20H20ClN5O4/c1-2-25-18-15(11-22-17(23-18)13-3-5-14(21)6-4-13)19(28)26(20(25)29)12-16(27)24-7-9-30-10-8-24/h3-6,11H,2,7-10,12H2,1H3. The third-order valence-corrected chi connectivity index (χ3v) is 5.29. The van der Waals surface area contributed by atoms with Crippen LogP contribution < -0.4 is 11.2 Å². The van der Waals surface area contributed by atoms with Gasteiger partial charge in [0.05, 0.1) is 13.2 Å². The molecule has 2 aromatic heterocycles. The van der Waals surface area contributed by atoms with Gasteiger partial charge in [0.15, 0.2) is 11.5 Å². The monoisotopic (exact) mass is 429 g/mol. The fourth-order valence-electron chi connectivity index (χ4n) is 3.41. The van der Waals surface area contributed by atoms with E-state index in [0.717, 1.165) is 4.57 Å². The lowest BCUT2D eigenvalue weighted by Gasteiger charge is -2.27. The van der Waals surface area contributed by atoms with Gasteiger partial charge in [-0.3, -0.25) is 18.7 Å². The lowest BCUT2D eigenvalue weighted by molar-refractivity contribution is -0.136. The number of morpholine rings is 1. The first-order valence-corrected chi connectivity index (χ1v) is 9.99. The van der Waals surface area contributed by atoms with Crippen LogP contribution in [0.3, 0.4) is 0 Å². The minimum atomic E-state index is -0.580. The zero-order valence-corrected chi connectivity index (χ0v) is 17.1. The Morgan fingerprint density at radius 1 is 1.13 bits per heavy atom. The third-order valence-electron chi connectivity index (χ3n) is 5.04. The van der Waals surface area contributed by atoms with E-state index in [1.807, 2.05) is 0 Å². The Kier molecular flexibility index (Phi) is 5.65. The molecule has 0 spiro atoms. The molecule has 30 heavy (non-hydrogen) atoms. The molecule has 0 unspecified atom stereocenters. The molecule has 0 atom stereocenters. The van der Waals surface area contributed by atoms with Gasteiger partial charge in [0, 0.05) is 36.4 Å². The SMILES string of the molecule is CCn1c(=O)n(CC(=O)N2CCOCC2)c(=O)c2cnc(-c3ccc(Cl)cc3)nc21. The van der Waals surface area contributed by atoms with Crippen molar-refractivity contribution >= 4 is 28.5 Å². The van der Waals surface area contributed by atoms with E-state index in [-0.39, 0.29) is 23.5 Å². The lowest BCUT2D eigenvalue weighted by atomic mass is 10.2. The van der Waals surface area contributed by atoms with Gasteiger partial charge in [-0.25, -0.2) is 14.8 Å². The van der Waals surface area contributed by atoms with E-state index in [2.05, 4.69) is 9.97 Å². The van der Waals surface area contributed by atoms with Crippen LogP contribution in [0.4, 0.5) is 0 Å². The first-order chi connectivity index (χ1) is 14.5. The average molecular weight is 430 g/mol. The summed E-state index contributed by atoms with van der Waals surface area (Å²) in [7, 11) is 0. The Hall–Kier alpha value is -3.04. The summed E-state index contributed by atoms with van der Waals surface area (Å²) in [5.41, 5.74) is -0.202. The molecular formula is C20H20ClN5O4. The molecule has 10 heteroatoms. The first kappa shape index (κ1) is 20.2. The van der Waals surface area contributed by atoms with Gasteiger partial charge >= 0.3 is 5.69 Å². The Morgan fingerprint density at radius 2 is 1.83 bits per heavy atom. The maximum Gasteiger partial charge on any atom is 0.333 e. The molecule has 1 saturated heterocycles. The van der Waals surface area contributed by atoms with Gasteiger partial charge in [-0.2, -0.15) is 0 Å². The summed E-state index contributed by atoms with van der Waals surface area (Å²) in [5.74, 6) is 0.0838. The van der Waals surface area contributed by atoms with Crippen molar-refractivity contribution in [2.75, 3.05) is 26.3 Å². The molecule has 1 aliphatic heterocycles. The van der Waals surface area contributed by atoms with Gasteiger partial charge in [0.1, 0.15) is 11.9 Å². The number of aryl methyl sites for hydroxylation is 1. The first-order valence-electron chi connectivity index (χ1n) is 9.61. The summed E-state index contributed by atoms with van der Waals surface area (Å²) in [5, 5.41) is 0.766. The molecule has 1 amide bonds. The van der Waals surface area contributed by atoms with Crippen LogP contribution in [0.15, 0.2) is 40.1 Å². The summed E-state index contributed by atoms with van der Waals surface area (Å²) in [6.07, 6.45) is 1.40. The highest BCUT2D eigenvalue weighted by molar-refractivity contribution is 6.30. The predicted molar refractivity (Wildman–Crippen MR) is 112 cm³/mol. The molecule has 0 radical (unpaired) electrons. The highest BCUT2D eigenvalue weighted by Crippen LogP contribution is 2.19. The molecular weight excluding hydrogens is 410 g/mol. The zero-order valence-electron chi connectivity index (χ0n) is 16.4. The summed E-state index contributed by atoms with van der Waals surface area (Å²) in [4.78, 5) is 48.9. The molecule has 1 aliphatic rings. The van der Waals surface area contributed by atoms with Crippen molar-refractivity contribution in [3.05, 3.63) is 56.3 Å². The molecule has 9 nitrogen and oxygen atoms in total. The Bertz CT molecular complexity index is 1210. The molecule has 1 aromatic carbocycles. The van der Waals surface area contributed by atoms with E-state index in [1.165, 1.54) is 10.8 Å². The molecule has 3 aromatic rings. The van der Waals surface area contributed by atoms with Gasteiger partial charge < -0.3 is 9.64 Å². The lowest BCUT2D eigenvalue weighted by Crippen LogP contribution is -2.47. The van der Waals surface area contributed by atoms with E-state index >= 15 is 0 Å². The fraction of sp³-hybridized carbons (Fsp3) is 0.350. The number of hydrogen-bond donors (Lipinski definition) is 0. The molecule has 0 aliphatic carbocycles. The van der Waals surface area contributed by atoms with Crippen LogP contribution in [-0.4, -0.2) is 56.2 Å². The Balaban J connectivity index is 1.79. The van der Waals surface area contributed by atoms with Crippen LogP contribution in [0.25, 0.3) is 22.4 Å².